The van der Waals surface area contributed by atoms with Gasteiger partial charge in [0, 0.05) is 17.6 Å². The average molecular weight is 326 g/mol. The van der Waals surface area contributed by atoms with E-state index in [1.54, 1.807) is 0 Å². The van der Waals surface area contributed by atoms with Gasteiger partial charge in [0.15, 0.2) is 40.7 Å². The van der Waals surface area contributed by atoms with E-state index in [-0.39, 0.29) is 6.61 Å². The zero-order valence-electron chi connectivity index (χ0n) is 11.3. The van der Waals surface area contributed by atoms with E-state index in [2.05, 4.69) is 0 Å². The van der Waals surface area contributed by atoms with Crippen molar-refractivity contribution in [3.63, 3.8) is 0 Å². The van der Waals surface area contributed by atoms with E-state index >= 15 is 0 Å². The summed E-state index contributed by atoms with van der Waals surface area (Å²) in [5, 5.41) is -2.73. The summed E-state index contributed by atoms with van der Waals surface area (Å²) in [6, 6.07) is 0. The van der Waals surface area contributed by atoms with Gasteiger partial charge in [0.2, 0.25) is 0 Å². The number of fused-ring (bicyclic) bond motifs is 1. The van der Waals surface area contributed by atoms with Gasteiger partial charge < -0.3 is 4.74 Å². The van der Waals surface area contributed by atoms with Crippen LogP contribution in [0.25, 0.3) is 10.8 Å². The van der Waals surface area contributed by atoms with Gasteiger partial charge in [-0.15, -0.1) is 0 Å². The normalized spacial score (nSPS) is 13.0. The number of benzene rings is 2. The summed E-state index contributed by atoms with van der Waals surface area (Å²) in [5.74, 6) is -14.8. The average Bonchev–Trinajstić information content (AvgIpc) is 2.48. The molecule has 0 aliphatic carbocycles. The van der Waals surface area contributed by atoms with Crippen LogP contribution in [0.15, 0.2) is 0 Å². The maximum atomic E-state index is 13.9. The molecule has 2 aromatic carbocycles. The third-order valence-corrected chi connectivity index (χ3v) is 3.20. The lowest BCUT2D eigenvalue weighted by atomic mass is 9.97. The third kappa shape index (κ3) is 2.22. The van der Waals surface area contributed by atoms with Crippen molar-refractivity contribution in [3.8, 4) is 0 Å². The van der Waals surface area contributed by atoms with Crippen LogP contribution in [0.3, 0.4) is 0 Å². The summed E-state index contributed by atoms with van der Waals surface area (Å²) >= 11 is 0. The van der Waals surface area contributed by atoms with Crippen LogP contribution in [-0.4, -0.2) is 6.61 Å². The number of halogens is 7. The Kier molecular flexibility index (Phi) is 4.32. The maximum absolute atomic E-state index is 13.9. The molecule has 22 heavy (non-hydrogen) atoms. The van der Waals surface area contributed by atoms with Crippen molar-refractivity contribution in [1.82, 2.24) is 0 Å². The molecule has 0 spiro atoms. The molecule has 0 aliphatic heterocycles. The minimum Gasteiger partial charge on any atom is -0.374 e. The first kappa shape index (κ1) is 16.5. The highest BCUT2D eigenvalue weighted by molar-refractivity contribution is 5.88. The summed E-state index contributed by atoms with van der Waals surface area (Å²) in [4.78, 5) is 0. The van der Waals surface area contributed by atoms with E-state index in [1.165, 1.54) is 6.92 Å². The summed E-state index contributed by atoms with van der Waals surface area (Å²) in [6.45, 7) is 2.61. The number of ether oxygens (including phenoxy) is 1. The summed E-state index contributed by atoms with van der Waals surface area (Å²) in [5.41, 5.74) is -0.925. The van der Waals surface area contributed by atoms with Crippen LogP contribution >= 0.6 is 0 Å². The minimum absolute atomic E-state index is 0.0190. The fourth-order valence-electron chi connectivity index (χ4n) is 2.24. The van der Waals surface area contributed by atoms with E-state index < -0.39 is 63.2 Å². The van der Waals surface area contributed by atoms with Crippen LogP contribution < -0.4 is 0 Å². The lowest BCUT2D eigenvalue weighted by Crippen LogP contribution is -2.11. The Morgan fingerprint density at radius 3 is 1.55 bits per heavy atom. The second kappa shape index (κ2) is 5.75. The molecule has 0 saturated carbocycles. The van der Waals surface area contributed by atoms with Crippen LogP contribution in [0.5, 0.6) is 0 Å². The van der Waals surface area contributed by atoms with Crippen LogP contribution in [0.2, 0.25) is 0 Å². The summed E-state index contributed by atoms with van der Waals surface area (Å²) in [6.07, 6.45) is -1.35. The van der Waals surface area contributed by atoms with Gasteiger partial charge >= 0.3 is 0 Å². The molecule has 2 rings (SSSR count). The maximum Gasteiger partial charge on any atom is 0.198 e. The molecule has 8 heteroatoms. The first-order valence-electron chi connectivity index (χ1n) is 6.17. The van der Waals surface area contributed by atoms with Gasteiger partial charge in [-0.2, -0.15) is 0 Å². The zero-order valence-corrected chi connectivity index (χ0v) is 11.3. The van der Waals surface area contributed by atoms with Crippen LogP contribution in [0, 0.1) is 40.7 Å². The topological polar surface area (TPSA) is 9.23 Å². The minimum atomic E-state index is -2.31. The summed E-state index contributed by atoms with van der Waals surface area (Å²) in [7, 11) is 0. The van der Waals surface area contributed by atoms with E-state index in [0.717, 1.165) is 6.92 Å². The number of rotatable bonds is 3. The van der Waals surface area contributed by atoms with E-state index in [1.807, 2.05) is 0 Å². The molecule has 120 valence electrons. The van der Waals surface area contributed by atoms with Crippen LogP contribution in [0.4, 0.5) is 30.7 Å². The molecule has 1 atom stereocenters. The molecule has 2 aromatic rings. The Labute approximate surface area is 120 Å². The highest BCUT2D eigenvalue weighted by Gasteiger charge is 2.32. The van der Waals surface area contributed by atoms with Gasteiger partial charge in [-0.05, 0) is 13.8 Å². The van der Waals surface area contributed by atoms with Crippen molar-refractivity contribution in [3.05, 3.63) is 46.3 Å². The smallest absolute Gasteiger partial charge is 0.198 e. The molecule has 0 N–H and O–H groups in total. The van der Waals surface area contributed by atoms with E-state index in [9.17, 15) is 30.7 Å². The number of hydrogen-bond donors (Lipinski definition) is 0. The van der Waals surface area contributed by atoms with Crippen molar-refractivity contribution in [2.24, 2.45) is 0 Å². The molecule has 0 heterocycles. The van der Waals surface area contributed by atoms with Crippen molar-refractivity contribution in [1.29, 1.82) is 0 Å². The molecule has 1 nitrogen and oxygen atoms in total. The number of hydrogen-bond acceptors (Lipinski definition) is 1. The van der Waals surface area contributed by atoms with Gasteiger partial charge in [-0.25, -0.2) is 30.7 Å². The largest absolute Gasteiger partial charge is 0.374 e. The highest BCUT2D eigenvalue weighted by Crippen LogP contribution is 2.38. The van der Waals surface area contributed by atoms with Crippen LogP contribution in [-0.2, 0) is 4.74 Å². The highest BCUT2D eigenvalue weighted by atomic mass is 19.2. The molecule has 0 saturated heterocycles. The van der Waals surface area contributed by atoms with Gasteiger partial charge in [-0.3, -0.25) is 0 Å². The van der Waals surface area contributed by atoms with Gasteiger partial charge in [-0.1, -0.05) is 0 Å². The molecule has 0 bridgehead atoms. The first-order valence-corrected chi connectivity index (χ1v) is 6.17. The van der Waals surface area contributed by atoms with Crippen molar-refractivity contribution >= 4 is 10.8 Å². The standard InChI is InChI=1S/C14H9F7O/c1-3-22-4(2)5-6-7(10(17)12(19)8(5)15)11(18)14(21)13(20)9(6)16/h4H,3H2,1-2H3. The second-order valence-electron chi connectivity index (χ2n) is 4.46. The SMILES string of the molecule is CCOC(C)c1c(F)c(F)c(F)c2c(F)c(F)c(F)c(F)c12. The molecule has 0 fully saturated rings. The van der Waals surface area contributed by atoms with Crippen LogP contribution in [0.1, 0.15) is 25.5 Å². The Hall–Kier alpha value is -1.83. The molecule has 0 aromatic heterocycles. The van der Waals surface area contributed by atoms with Crippen molar-refractivity contribution in [2.75, 3.05) is 6.61 Å². The molecule has 0 amide bonds. The molecule has 0 aliphatic rings. The Bertz CT molecular complexity index is 749. The fraction of sp³-hybridized carbons (Fsp3) is 0.286. The van der Waals surface area contributed by atoms with Gasteiger partial charge in [0.25, 0.3) is 0 Å². The molecular weight excluding hydrogens is 317 g/mol. The Morgan fingerprint density at radius 2 is 1.09 bits per heavy atom. The van der Waals surface area contributed by atoms with Crippen molar-refractivity contribution in [2.45, 2.75) is 20.0 Å². The third-order valence-electron chi connectivity index (χ3n) is 3.20. The lowest BCUT2D eigenvalue weighted by molar-refractivity contribution is 0.0741. The Morgan fingerprint density at radius 1 is 0.682 bits per heavy atom. The van der Waals surface area contributed by atoms with E-state index in [0.29, 0.717) is 0 Å². The lowest BCUT2D eigenvalue weighted by Gasteiger charge is -2.18. The van der Waals surface area contributed by atoms with Crippen molar-refractivity contribution < 1.29 is 35.5 Å². The molecular formula is C14H9F7O. The quantitative estimate of drug-likeness (QED) is 0.442. The second-order valence-corrected chi connectivity index (χ2v) is 4.46. The molecule has 0 radical (unpaired) electrons. The van der Waals surface area contributed by atoms with Gasteiger partial charge in [0.05, 0.1) is 11.5 Å². The zero-order chi connectivity index (χ0) is 16.8. The van der Waals surface area contributed by atoms with E-state index in [4.69, 9.17) is 4.74 Å². The summed E-state index contributed by atoms with van der Waals surface area (Å²) < 4.78 is 100. The molecule has 1 unspecified atom stereocenters. The monoisotopic (exact) mass is 326 g/mol. The predicted molar refractivity (Wildman–Crippen MR) is 63.7 cm³/mol. The first-order chi connectivity index (χ1) is 10.2. The Balaban J connectivity index is 3.08. The fourth-order valence-corrected chi connectivity index (χ4v) is 2.24. The predicted octanol–water partition coefficient (Wildman–Crippen LogP) is 4.91. The van der Waals surface area contributed by atoms with Gasteiger partial charge in [0.1, 0.15) is 0 Å².